The smallest absolute Gasteiger partial charge is 0.125 e. The van der Waals surface area contributed by atoms with E-state index in [0.29, 0.717) is 11.9 Å². The molecule has 0 aliphatic heterocycles. The predicted molar refractivity (Wildman–Crippen MR) is 72.2 cm³/mol. The third-order valence-electron chi connectivity index (χ3n) is 2.57. The van der Waals surface area contributed by atoms with Gasteiger partial charge >= 0.3 is 0 Å². The summed E-state index contributed by atoms with van der Waals surface area (Å²) in [4.78, 5) is 2.08. The zero-order valence-electron chi connectivity index (χ0n) is 9.84. The second kappa shape index (κ2) is 6.36. The summed E-state index contributed by atoms with van der Waals surface area (Å²) in [7, 11) is 1.98. The Hall–Kier alpha value is -0.410. The molecule has 0 saturated heterocycles. The third kappa shape index (κ3) is 3.56. The molecule has 1 aromatic carbocycles. The van der Waals surface area contributed by atoms with Crippen LogP contribution in [0.4, 0.5) is 10.1 Å². The molecule has 0 aliphatic rings. The highest BCUT2D eigenvalue weighted by molar-refractivity contribution is 7.98. The fourth-order valence-corrected chi connectivity index (χ4v) is 2.38. The van der Waals surface area contributed by atoms with E-state index in [4.69, 9.17) is 11.6 Å². The maximum Gasteiger partial charge on any atom is 0.125 e. The average molecular weight is 262 g/mol. The lowest BCUT2D eigenvalue weighted by Crippen LogP contribution is -2.30. The van der Waals surface area contributed by atoms with Gasteiger partial charge in [0, 0.05) is 30.4 Å². The van der Waals surface area contributed by atoms with Crippen LogP contribution in [0.5, 0.6) is 0 Å². The maximum absolute atomic E-state index is 13.3. The molecule has 1 unspecified atom stereocenters. The molecule has 0 fully saturated rings. The van der Waals surface area contributed by atoms with Crippen LogP contribution in [-0.2, 0) is 5.88 Å². The highest BCUT2D eigenvalue weighted by Crippen LogP contribution is 2.21. The predicted octanol–water partition coefficient (Wildman–Crippen LogP) is 3.75. The molecule has 0 saturated carbocycles. The summed E-state index contributed by atoms with van der Waals surface area (Å²) in [6.45, 7) is 2.13. The van der Waals surface area contributed by atoms with Gasteiger partial charge in [-0.2, -0.15) is 11.8 Å². The van der Waals surface area contributed by atoms with Crippen molar-refractivity contribution in [3.05, 3.63) is 29.6 Å². The van der Waals surface area contributed by atoms with Crippen LogP contribution in [0, 0.1) is 5.82 Å². The summed E-state index contributed by atoms with van der Waals surface area (Å²) in [6, 6.07) is 5.34. The molecule has 4 heteroatoms. The van der Waals surface area contributed by atoms with E-state index in [1.54, 1.807) is 17.8 Å². The van der Waals surface area contributed by atoms with Gasteiger partial charge in [-0.25, -0.2) is 4.39 Å². The molecule has 90 valence electrons. The molecule has 0 N–H and O–H groups in total. The van der Waals surface area contributed by atoms with Gasteiger partial charge in [-0.1, -0.05) is 0 Å². The molecule has 0 aromatic heterocycles. The fourth-order valence-electron chi connectivity index (χ4n) is 1.52. The minimum absolute atomic E-state index is 0.226. The highest BCUT2D eigenvalue weighted by atomic mass is 35.5. The molecule has 0 aliphatic carbocycles. The summed E-state index contributed by atoms with van der Waals surface area (Å²) in [5.74, 6) is 1.13. The van der Waals surface area contributed by atoms with Gasteiger partial charge in [-0.15, -0.1) is 11.6 Å². The first-order chi connectivity index (χ1) is 7.58. The first-order valence-corrected chi connectivity index (χ1v) is 7.08. The van der Waals surface area contributed by atoms with E-state index in [2.05, 4.69) is 18.1 Å². The van der Waals surface area contributed by atoms with Crippen molar-refractivity contribution in [1.82, 2.24) is 0 Å². The van der Waals surface area contributed by atoms with Crippen LogP contribution in [-0.4, -0.2) is 25.1 Å². The number of anilines is 1. The molecule has 0 heterocycles. The van der Waals surface area contributed by atoms with Gasteiger partial charge in [0.1, 0.15) is 5.82 Å². The Balaban J connectivity index is 2.89. The average Bonchev–Trinajstić information content (AvgIpc) is 2.27. The summed E-state index contributed by atoms with van der Waals surface area (Å²) >= 11 is 7.51. The number of rotatable bonds is 5. The van der Waals surface area contributed by atoms with Crippen molar-refractivity contribution in [2.45, 2.75) is 18.8 Å². The normalized spacial score (nSPS) is 12.6. The molecule has 1 nitrogen and oxygen atoms in total. The Labute approximate surface area is 106 Å². The Bertz CT molecular complexity index is 346. The Morgan fingerprint density at radius 3 is 2.69 bits per heavy atom. The monoisotopic (exact) mass is 261 g/mol. The number of hydrogen-bond donors (Lipinski definition) is 0. The van der Waals surface area contributed by atoms with Crippen LogP contribution >= 0.6 is 23.4 Å². The van der Waals surface area contributed by atoms with Gasteiger partial charge in [-0.05, 0) is 36.9 Å². The van der Waals surface area contributed by atoms with E-state index >= 15 is 0 Å². The van der Waals surface area contributed by atoms with Crippen LogP contribution in [0.15, 0.2) is 18.2 Å². The molecule has 1 rings (SSSR count). The van der Waals surface area contributed by atoms with Gasteiger partial charge in [-0.3, -0.25) is 0 Å². The number of alkyl halides is 1. The van der Waals surface area contributed by atoms with Crippen molar-refractivity contribution in [2.75, 3.05) is 24.0 Å². The van der Waals surface area contributed by atoms with Crippen molar-refractivity contribution >= 4 is 29.1 Å². The van der Waals surface area contributed by atoms with Crippen molar-refractivity contribution in [1.29, 1.82) is 0 Å². The van der Waals surface area contributed by atoms with Crippen molar-refractivity contribution in [3.63, 3.8) is 0 Å². The van der Waals surface area contributed by atoms with Gasteiger partial charge in [0.05, 0.1) is 0 Å². The molecular formula is C12H17ClFNS. The van der Waals surface area contributed by atoms with E-state index in [-0.39, 0.29) is 5.82 Å². The van der Waals surface area contributed by atoms with Gasteiger partial charge in [0.25, 0.3) is 0 Å². The second-order valence-corrected chi connectivity index (χ2v) is 5.04. The topological polar surface area (TPSA) is 3.24 Å². The molecule has 0 bridgehead atoms. The zero-order valence-corrected chi connectivity index (χ0v) is 11.4. The summed E-state index contributed by atoms with van der Waals surface area (Å²) < 4.78 is 13.3. The fraction of sp³-hybridized carbons (Fsp3) is 0.500. The minimum Gasteiger partial charge on any atom is -0.371 e. The van der Waals surface area contributed by atoms with E-state index < -0.39 is 0 Å². The van der Waals surface area contributed by atoms with Crippen LogP contribution < -0.4 is 4.90 Å². The Morgan fingerprint density at radius 2 is 2.12 bits per heavy atom. The van der Waals surface area contributed by atoms with Gasteiger partial charge in [0.15, 0.2) is 0 Å². The molecule has 0 radical (unpaired) electrons. The lowest BCUT2D eigenvalue weighted by atomic mass is 10.2. The molecule has 1 atom stereocenters. The SMILES string of the molecule is CSCC(C)N(C)c1cc(F)cc(CCl)c1. The lowest BCUT2D eigenvalue weighted by Gasteiger charge is -2.27. The lowest BCUT2D eigenvalue weighted by molar-refractivity contribution is 0.624. The van der Waals surface area contributed by atoms with Crippen molar-refractivity contribution in [2.24, 2.45) is 0 Å². The van der Waals surface area contributed by atoms with E-state index in [9.17, 15) is 4.39 Å². The number of thioether (sulfide) groups is 1. The standard InChI is InChI=1S/C12H17ClFNS/c1-9(8-16-3)15(2)12-5-10(7-13)4-11(14)6-12/h4-6,9H,7-8H2,1-3H3. The Morgan fingerprint density at radius 1 is 1.44 bits per heavy atom. The first-order valence-electron chi connectivity index (χ1n) is 5.15. The Kier molecular flexibility index (Phi) is 5.42. The van der Waals surface area contributed by atoms with Crippen LogP contribution in [0.3, 0.4) is 0 Å². The number of hydrogen-bond acceptors (Lipinski definition) is 2. The third-order valence-corrected chi connectivity index (χ3v) is 3.70. The van der Waals surface area contributed by atoms with Gasteiger partial charge in [0.2, 0.25) is 0 Å². The van der Waals surface area contributed by atoms with Crippen molar-refractivity contribution in [3.8, 4) is 0 Å². The largest absolute Gasteiger partial charge is 0.371 e. The number of halogens is 2. The maximum atomic E-state index is 13.3. The molecule has 0 amide bonds. The quantitative estimate of drug-likeness (QED) is 0.743. The summed E-state index contributed by atoms with van der Waals surface area (Å²) in [6.07, 6.45) is 2.07. The zero-order chi connectivity index (χ0) is 12.1. The molecular weight excluding hydrogens is 245 g/mol. The minimum atomic E-state index is -0.226. The van der Waals surface area contributed by atoms with Gasteiger partial charge < -0.3 is 4.90 Å². The van der Waals surface area contributed by atoms with E-state index in [1.807, 2.05) is 13.1 Å². The summed E-state index contributed by atoms with van der Waals surface area (Å²) in [5, 5.41) is 0. The van der Waals surface area contributed by atoms with Crippen LogP contribution in [0.2, 0.25) is 0 Å². The number of nitrogens with zero attached hydrogens (tertiary/aromatic N) is 1. The molecule has 1 aromatic rings. The van der Waals surface area contributed by atoms with Crippen LogP contribution in [0.25, 0.3) is 0 Å². The van der Waals surface area contributed by atoms with Crippen LogP contribution in [0.1, 0.15) is 12.5 Å². The van der Waals surface area contributed by atoms with E-state index in [1.165, 1.54) is 6.07 Å². The highest BCUT2D eigenvalue weighted by Gasteiger charge is 2.11. The second-order valence-electron chi connectivity index (χ2n) is 3.87. The first kappa shape index (κ1) is 13.7. The molecule has 0 spiro atoms. The summed E-state index contributed by atoms with van der Waals surface area (Å²) in [5.41, 5.74) is 1.71. The molecule has 16 heavy (non-hydrogen) atoms. The number of benzene rings is 1. The van der Waals surface area contributed by atoms with Crippen molar-refractivity contribution < 1.29 is 4.39 Å². The van der Waals surface area contributed by atoms with E-state index in [0.717, 1.165) is 17.0 Å².